The van der Waals surface area contributed by atoms with Gasteiger partial charge in [0.25, 0.3) is 0 Å². The van der Waals surface area contributed by atoms with Gasteiger partial charge in [-0.1, -0.05) is 35.9 Å². The van der Waals surface area contributed by atoms with E-state index in [9.17, 15) is 15.0 Å². The van der Waals surface area contributed by atoms with Crippen LogP contribution in [-0.4, -0.2) is 16.2 Å². The van der Waals surface area contributed by atoms with Crippen LogP contribution in [0.15, 0.2) is 48.5 Å². The standard InChI is InChI=1S/C27H25ClO3/c28-25-21-5-2-20(26(30)31)10-18(21)1-4-22(25)19-3-6-24(29)23(11-19)27-12-15-7-16(13-27)9-17(8-15)14-27/h1-6,10-11,15-17,29H,7-9,12-14H2,(H,30,31). The number of fused-ring (bicyclic) bond motifs is 1. The first-order valence-corrected chi connectivity index (χ1v) is 11.6. The topological polar surface area (TPSA) is 57.5 Å². The molecule has 4 fully saturated rings. The zero-order chi connectivity index (χ0) is 21.3. The fourth-order valence-corrected chi connectivity index (χ4v) is 7.56. The molecule has 0 aromatic heterocycles. The van der Waals surface area contributed by atoms with Gasteiger partial charge in [-0.25, -0.2) is 4.79 Å². The minimum atomic E-state index is -0.944. The van der Waals surface area contributed by atoms with Crippen LogP contribution in [0.1, 0.15) is 54.4 Å². The zero-order valence-electron chi connectivity index (χ0n) is 17.3. The number of aromatic carboxylic acids is 1. The second kappa shape index (κ2) is 6.74. The van der Waals surface area contributed by atoms with Gasteiger partial charge in [0.2, 0.25) is 0 Å². The lowest BCUT2D eigenvalue weighted by Crippen LogP contribution is -2.48. The summed E-state index contributed by atoms with van der Waals surface area (Å²) in [5.74, 6) is 1.89. The molecule has 0 unspecified atom stereocenters. The van der Waals surface area contributed by atoms with E-state index >= 15 is 0 Å². The van der Waals surface area contributed by atoms with Gasteiger partial charge in [-0.3, -0.25) is 0 Å². The number of hydrogen-bond donors (Lipinski definition) is 2. The van der Waals surface area contributed by atoms with Gasteiger partial charge in [0.15, 0.2) is 0 Å². The number of halogens is 1. The van der Waals surface area contributed by atoms with Crippen molar-refractivity contribution in [1.82, 2.24) is 0 Å². The highest BCUT2D eigenvalue weighted by molar-refractivity contribution is 6.38. The minimum absolute atomic E-state index is 0.106. The van der Waals surface area contributed by atoms with Crippen LogP contribution >= 0.6 is 11.6 Å². The fourth-order valence-electron chi connectivity index (χ4n) is 7.22. The van der Waals surface area contributed by atoms with Gasteiger partial charge in [0.1, 0.15) is 5.75 Å². The fraction of sp³-hybridized carbons (Fsp3) is 0.370. The summed E-state index contributed by atoms with van der Waals surface area (Å²) in [6.07, 6.45) is 7.69. The lowest BCUT2D eigenvalue weighted by atomic mass is 9.48. The molecule has 0 radical (unpaired) electrons. The average Bonchev–Trinajstić information content (AvgIpc) is 2.73. The summed E-state index contributed by atoms with van der Waals surface area (Å²) in [4.78, 5) is 11.3. The van der Waals surface area contributed by atoms with Crippen molar-refractivity contribution in [3.05, 3.63) is 64.7 Å². The van der Waals surface area contributed by atoms with Gasteiger partial charge in [-0.05, 0) is 96.9 Å². The second-order valence-corrected chi connectivity index (χ2v) is 10.5. The van der Waals surface area contributed by atoms with Crippen LogP contribution in [0.5, 0.6) is 5.75 Å². The van der Waals surface area contributed by atoms with Crippen LogP contribution < -0.4 is 0 Å². The quantitative estimate of drug-likeness (QED) is 0.467. The summed E-state index contributed by atoms with van der Waals surface area (Å²) in [5.41, 5.74) is 3.39. The Hall–Kier alpha value is -2.52. The molecule has 0 aliphatic heterocycles. The molecular formula is C27H25ClO3. The van der Waals surface area contributed by atoms with Crippen LogP contribution in [0.2, 0.25) is 5.02 Å². The van der Waals surface area contributed by atoms with E-state index in [0.29, 0.717) is 10.8 Å². The molecule has 158 valence electrons. The molecule has 3 nitrogen and oxygen atoms in total. The monoisotopic (exact) mass is 432 g/mol. The Kier molecular flexibility index (Phi) is 4.17. The average molecular weight is 433 g/mol. The van der Waals surface area contributed by atoms with Gasteiger partial charge < -0.3 is 10.2 Å². The molecule has 4 saturated carbocycles. The molecule has 7 rings (SSSR count). The summed E-state index contributed by atoms with van der Waals surface area (Å²) >= 11 is 6.81. The zero-order valence-corrected chi connectivity index (χ0v) is 18.0. The SMILES string of the molecule is O=C(O)c1ccc2c(Cl)c(-c3ccc(O)c(C45CC6CC(CC(C6)C4)C5)c3)ccc2c1. The number of hydrogen-bond acceptors (Lipinski definition) is 2. The summed E-state index contributed by atoms with van der Waals surface area (Å²) < 4.78 is 0. The van der Waals surface area contributed by atoms with E-state index in [1.54, 1.807) is 18.2 Å². The maximum absolute atomic E-state index is 11.3. The highest BCUT2D eigenvalue weighted by Gasteiger charge is 2.52. The molecule has 0 amide bonds. The van der Waals surface area contributed by atoms with Crippen molar-refractivity contribution < 1.29 is 15.0 Å². The smallest absolute Gasteiger partial charge is 0.335 e. The van der Waals surface area contributed by atoms with Gasteiger partial charge in [0, 0.05) is 16.5 Å². The molecule has 0 spiro atoms. The Morgan fingerprint density at radius 2 is 1.58 bits per heavy atom. The Labute approximate surface area is 186 Å². The van der Waals surface area contributed by atoms with Crippen molar-refractivity contribution in [2.45, 2.75) is 43.9 Å². The number of carbonyl (C=O) groups is 1. The molecule has 0 heterocycles. The summed E-state index contributed by atoms with van der Waals surface area (Å²) in [6, 6.07) is 14.9. The van der Waals surface area contributed by atoms with Crippen LogP contribution in [0.4, 0.5) is 0 Å². The number of rotatable bonds is 3. The first-order valence-electron chi connectivity index (χ1n) is 11.2. The molecule has 3 aromatic carbocycles. The lowest BCUT2D eigenvalue weighted by Gasteiger charge is -2.57. The van der Waals surface area contributed by atoms with Crippen molar-refractivity contribution >= 4 is 28.3 Å². The van der Waals surface area contributed by atoms with Gasteiger partial charge in [-0.2, -0.15) is 0 Å². The molecule has 3 aromatic rings. The number of carboxylic acid groups (broad SMARTS) is 1. The number of aromatic hydroxyl groups is 1. The van der Waals surface area contributed by atoms with E-state index in [1.165, 1.54) is 38.5 Å². The Morgan fingerprint density at radius 1 is 0.903 bits per heavy atom. The van der Waals surface area contributed by atoms with Crippen LogP contribution in [0.25, 0.3) is 21.9 Å². The summed E-state index contributed by atoms with van der Waals surface area (Å²) in [5, 5.41) is 22.4. The maximum Gasteiger partial charge on any atom is 0.335 e. The first-order chi connectivity index (χ1) is 14.9. The van der Waals surface area contributed by atoms with Crippen LogP contribution in [-0.2, 0) is 5.41 Å². The van der Waals surface area contributed by atoms with Crippen molar-refractivity contribution in [3.8, 4) is 16.9 Å². The second-order valence-electron chi connectivity index (χ2n) is 10.1. The number of benzene rings is 3. The first kappa shape index (κ1) is 19.2. The predicted octanol–water partition coefficient (Wildman–Crippen LogP) is 7.03. The van der Waals surface area contributed by atoms with E-state index < -0.39 is 5.97 Å². The Bertz CT molecular complexity index is 1190. The third kappa shape index (κ3) is 2.97. The number of phenols is 1. The van der Waals surface area contributed by atoms with E-state index in [1.807, 2.05) is 24.3 Å². The molecule has 0 saturated heterocycles. The van der Waals surface area contributed by atoms with E-state index in [4.69, 9.17) is 11.6 Å². The Morgan fingerprint density at radius 3 is 2.23 bits per heavy atom. The third-order valence-electron chi connectivity index (χ3n) is 8.12. The third-order valence-corrected chi connectivity index (χ3v) is 8.53. The van der Waals surface area contributed by atoms with Gasteiger partial charge >= 0.3 is 5.97 Å². The minimum Gasteiger partial charge on any atom is -0.508 e. The number of phenolic OH excluding ortho intramolecular Hbond substituents is 1. The van der Waals surface area contributed by atoms with E-state index in [2.05, 4.69) is 6.07 Å². The van der Waals surface area contributed by atoms with Gasteiger partial charge in [0.05, 0.1) is 10.6 Å². The van der Waals surface area contributed by atoms with Crippen LogP contribution in [0, 0.1) is 17.8 Å². The molecule has 0 atom stereocenters. The largest absolute Gasteiger partial charge is 0.508 e. The van der Waals surface area contributed by atoms with Gasteiger partial charge in [-0.15, -0.1) is 0 Å². The molecule has 4 aliphatic carbocycles. The van der Waals surface area contributed by atoms with Crippen LogP contribution in [0.3, 0.4) is 0 Å². The van der Waals surface area contributed by atoms with Crippen molar-refractivity contribution in [2.75, 3.05) is 0 Å². The van der Waals surface area contributed by atoms with E-state index in [0.717, 1.165) is 45.2 Å². The molecule has 4 aliphatic rings. The molecule has 2 N–H and O–H groups in total. The molecular weight excluding hydrogens is 408 g/mol. The van der Waals surface area contributed by atoms with Crippen molar-refractivity contribution in [3.63, 3.8) is 0 Å². The summed E-state index contributed by atoms with van der Waals surface area (Å²) in [7, 11) is 0. The molecule has 4 bridgehead atoms. The maximum atomic E-state index is 11.3. The van der Waals surface area contributed by atoms with E-state index in [-0.39, 0.29) is 11.0 Å². The Balaban J connectivity index is 1.45. The highest BCUT2D eigenvalue weighted by atomic mass is 35.5. The normalized spacial score (nSPS) is 28.9. The summed E-state index contributed by atoms with van der Waals surface area (Å²) in [6.45, 7) is 0. The van der Waals surface area contributed by atoms with Crippen molar-refractivity contribution in [2.24, 2.45) is 17.8 Å². The molecule has 4 heteroatoms. The predicted molar refractivity (Wildman–Crippen MR) is 123 cm³/mol. The highest BCUT2D eigenvalue weighted by Crippen LogP contribution is 2.62. The lowest BCUT2D eigenvalue weighted by molar-refractivity contribution is -0.00611. The number of carboxylic acids is 1. The molecule has 31 heavy (non-hydrogen) atoms. The van der Waals surface area contributed by atoms with Crippen molar-refractivity contribution in [1.29, 1.82) is 0 Å².